The van der Waals surface area contributed by atoms with Gasteiger partial charge in [0.15, 0.2) is 18.1 Å². The second-order valence-corrected chi connectivity index (χ2v) is 11.7. The van der Waals surface area contributed by atoms with Gasteiger partial charge in [0.05, 0.1) is 19.4 Å². The molecule has 1 saturated heterocycles. The number of carbonyl (C=O) groups is 4. The number of esters is 1. The first-order chi connectivity index (χ1) is 19.8. The molecular formula is C32H34N2O7. The SMILES string of the molecule is CCOc1cc(/C=C2\C(=O)NC(=O)N(c3ccc(C45CC6CC(CC(C6)C4)C5)cc3)C2=O)ccc1OCC(=O)OC. The molecule has 0 aromatic heterocycles. The van der Waals surface area contributed by atoms with Gasteiger partial charge in [-0.2, -0.15) is 0 Å². The molecule has 5 aliphatic rings. The second kappa shape index (κ2) is 10.7. The summed E-state index contributed by atoms with van der Waals surface area (Å²) in [7, 11) is 1.27. The van der Waals surface area contributed by atoms with Crippen LogP contribution in [-0.4, -0.2) is 44.1 Å². The second-order valence-electron chi connectivity index (χ2n) is 11.7. The fourth-order valence-corrected chi connectivity index (χ4v) is 7.68. The fraction of sp³-hybridized carbons (Fsp3) is 0.438. The van der Waals surface area contributed by atoms with Crippen LogP contribution >= 0.6 is 0 Å². The number of nitrogens with zero attached hydrogens (tertiary/aromatic N) is 1. The Kier molecular flexibility index (Phi) is 7.05. The molecule has 0 atom stereocenters. The summed E-state index contributed by atoms with van der Waals surface area (Å²) in [6, 6.07) is 11.8. The van der Waals surface area contributed by atoms with Crippen LogP contribution in [0, 0.1) is 17.8 Å². The molecule has 7 rings (SSSR count). The van der Waals surface area contributed by atoms with Crippen LogP contribution < -0.4 is 19.7 Å². The lowest BCUT2D eigenvalue weighted by molar-refractivity contribution is -0.143. The zero-order valence-corrected chi connectivity index (χ0v) is 23.3. The number of carbonyl (C=O) groups excluding carboxylic acids is 4. The van der Waals surface area contributed by atoms with Crippen molar-refractivity contribution in [3.63, 3.8) is 0 Å². The molecular weight excluding hydrogens is 524 g/mol. The minimum absolute atomic E-state index is 0.180. The first-order valence-electron chi connectivity index (χ1n) is 14.3. The van der Waals surface area contributed by atoms with Crippen molar-refractivity contribution in [1.82, 2.24) is 5.32 Å². The molecule has 1 heterocycles. The molecule has 9 nitrogen and oxygen atoms in total. The third kappa shape index (κ3) is 5.09. The molecule has 4 bridgehead atoms. The molecule has 1 aliphatic heterocycles. The van der Waals surface area contributed by atoms with Crippen molar-refractivity contribution in [2.75, 3.05) is 25.2 Å². The molecule has 1 N–H and O–H groups in total. The number of methoxy groups -OCH3 is 1. The van der Waals surface area contributed by atoms with Crippen LogP contribution in [0.25, 0.3) is 6.08 Å². The van der Waals surface area contributed by atoms with Crippen molar-refractivity contribution in [2.45, 2.75) is 50.9 Å². The van der Waals surface area contributed by atoms with Gasteiger partial charge in [-0.05, 0) is 110 Å². The van der Waals surface area contributed by atoms with Crippen molar-refractivity contribution >= 4 is 35.6 Å². The Morgan fingerprint density at radius 2 is 1.61 bits per heavy atom. The summed E-state index contributed by atoms with van der Waals surface area (Å²) >= 11 is 0. The topological polar surface area (TPSA) is 111 Å². The lowest BCUT2D eigenvalue weighted by Gasteiger charge is -2.57. The van der Waals surface area contributed by atoms with Crippen molar-refractivity contribution in [1.29, 1.82) is 0 Å². The number of ether oxygens (including phenoxy) is 3. The smallest absolute Gasteiger partial charge is 0.343 e. The van der Waals surface area contributed by atoms with Gasteiger partial charge in [0, 0.05) is 0 Å². The van der Waals surface area contributed by atoms with Gasteiger partial charge in [0.2, 0.25) is 0 Å². The van der Waals surface area contributed by atoms with E-state index >= 15 is 0 Å². The summed E-state index contributed by atoms with van der Waals surface area (Å²) < 4.78 is 15.7. The molecule has 0 unspecified atom stereocenters. The highest BCUT2D eigenvalue weighted by Crippen LogP contribution is 2.60. The van der Waals surface area contributed by atoms with Crippen LogP contribution in [0.3, 0.4) is 0 Å². The number of amides is 4. The standard InChI is InChI=1S/C32H34N2O7/c1-3-40-27-14-19(4-9-26(27)41-18-28(35)39-2)13-25-29(36)33-31(38)34(30(25)37)24-7-5-23(6-8-24)32-15-20-10-21(16-32)12-22(11-20)17-32/h4-9,13-14,20-22H,3,10-12,15-18H2,1-2H3,(H,33,36,38)/b25-13+. The molecule has 41 heavy (non-hydrogen) atoms. The van der Waals surface area contributed by atoms with Gasteiger partial charge in [-0.15, -0.1) is 0 Å². The molecule has 214 valence electrons. The maximum Gasteiger partial charge on any atom is 0.343 e. The van der Waals surface area contributed by atoms with E-state index in [2.05, 4.69) is 22.2 Å². The van der Waals surface area contributed by atoms with Crippen LogP contribution in [-0.2, 0) is 24.5 Å². The molecule has 9 heteroatoms. The van der Waals surface area contributed by atoms with E-state index in [1.54, 1.807) is 25.1 Å². The summed E-state index contributed by atoms with van der Waals surface area (Å²) in [5, 5.41) is 2.29. The largest absolute Gasteiger partial charge is 0.490 e. The number of benzene rings is 2. The molecule has 2 aromatic rings. The van der Waals surface area contributed by atoms with E-state index < -0.39 is 23.8 Å². The third-order valence-corrected chi connectivity index (χ3v) is 9.03. The average Bonchev–Trinajstić information content (AvgIpc) is 2.94. The van der Waals surface area contributed by atoms with E-state index in [0.717, 1.165) is 22.7 Å². The maximum atomic E-state index is 13.5. The first-order valence-corrected chi connectivity index (χ1v) is 14.3. The molecule has 2 aromatic carbocycles. The Bertz CT molecular complexity index is 1390. The van der Waals surface area contributed by atoms with Gasteiger partial charge in [-0.3, -0.25) is 14.9 Å². The number of anilines is 1. The Morgan fingerprint density at radius 3 is 2.22 bits per heavy atom. The van der Waals surface area contributed by atoms with Crippen molar-refractivity contribution in [2.24, 2.45) is 17.8 Å². The third-order valence-electron chi connectivity index (χ3n) is 9.03. The fourth-order valence-electron chi connectivity index (χ4n) is 7.68. The lowest BCUT2D eigenvalue weighted by atomic mass is 9.48. The summed E-state index contributed by atoms with van der Waals surface area (Å²) in [5.41, 5.74) is 2.22. The minimum Gasteiger partial charge on any atom is -0.490 e. The quantitative estimate of drug-likeness (QED) is 0.282. The minimum atomic E-state index is -0.777. The van der Waals surface area contributed by atoms with Crippen LogP contribution in [0.1, 0.15) is 56.6 Å². The van der Waals surface area contributed by atoms with Crippen LogP contribution in [0.5, 0.6) is 11.5 Å². The highest BCUT2D eigenvalue weighted by molar-refractivity contribution is 6.39. The maximum absolute atomic E-state index is 13.5. The molecule has 4 amide bonds. The summed E-state index contributed by atoms with van der Waals surface area (Å²) in [5.74, 6) is 1.06. The zero-order valence-electron chi connectivity index (χ0n) is 23.3. The summed E-state index contributed by atoms with van der Waals surface area (Å²) in [6.45, 7) is 1.83. The predicted molar refractivity (Wildman–Crippen MR) is 150 cm³/mol. The number of hydrogen-bond acceptors (Lipinski definition) is 7. The molecule has 4 saturated carbocycles. The van der Waals surface area contributed by atoms with E-state index in [4.69, 9.17) is 9.47 Å². The van der Waals surface area contributed by atoms with Gasteiger partial charge in [0.1, 0.15) is 5.57 Å². The van der Waals surface area contributed by atoms with Gasteiger partial charge >= 0.3 is 12.0 Å². The van der Waals surface area contributed by atoms with Crippen LogP contribution in [0.15, 0.2) is 48.0 Å². The Hall–Kier alpha value is -4.14. The number of hydrogen-bond donors (Lipinski definition) is 1. The van der Waals surface area contributed by atoms with E-state index in [1.165, 1.54) is 57.3 Å². The Labute approximate surface area is 238 Å². The molecule has 0 spiro atoms. The number of barbiturate groups is 1. The van der Waals surface area contributed by atoms with E-state index in [1.807, 2.05) is 12.1 Å². The number of imide groups is 2. The van der Waals surface area contributed by atoms with Gasteiger partial charge in [0.25, 0.3) is 11.8 Å². The van der Waals surface area contributed by atoms with E-state index in [0.29, 0.717) is 29.4 Å². The Morgan fingerprint density at radius 1 is 0.951 bits per heavy atom. The van der Waals surface area contributed by atoms with E-state index in [9.17, 15) is 19.2 Å². The normalized spacial score (nSPS) is 27.7. The highest BCUT2D eigenvalue weighted by Gasteiger charge is 2.51. The first kappa shape index (κ1) is 27.1. The Balaban J connectivity index is 1.24. The summed E-state index contributed by atoms with van der Waals surface area (Å²) in [4.78, 5) is 51.6. The number of nitrogens with one attached hydrogen (secondary N) is 1. The van der Waals surface area contributed by atoms with Crippen LogP contribution in [0.4, 0.5) is 10.5 Å². The average molecular weight is 559 g/mol. The molecule has 4 aliphatic carbocycles. The van der Waals surface area contributed by atoms with E-state index in [-0.39, 0.29) is 17.6 Å². The van der Waals surface area contributed by atoms with Crippen LogP contribution in [0.2, 0.25) is 0 Å². The van der Waals surface area contributed by atoms with Gasteiger partial charge in [-0.1, -0.05) is 18.2 Å². The zero-order chi connectivity index (χ0) is 28.7. The summed E-state index contributed by atoms with van der Waals surface area (Å²) in [6.07, 6.45) is 9.15. The number of urea groups is 1. The molecule has 0 radical (unpaired) electrons. The molecule has 5 fully saturated rings. The van der Waals surface area contributed by atoms with Crippen molar-refractivity contribution in [3.8, 4) is 11.5 Å². The van der Waals surface area contributed by atoms with Crippen molar-refractivity contribution < 1.29 is 33.4 Å². The monoisotopic (exact) mass is 558 g/mol. The van der Waals surface area contributed by atoms with Gasteiger partial charge in [-0.25, -0.2) is 14.5 Å². The van der Waals surface area contributed by atoms with Crippen molar-refractivity contribution in [3.05, 3.63) is 59.2 Å². The lowest BCUT2D eigenvalue weighted by Crippen LogP contribution is -2.54. The number of rotatable bonds is 8. The predicted octanol–water partition coefficient (Wildman–Crippen LogP) is 4.77. The van der Waals surface area contributed by atoms with Gasteiger partial charge < -0.3 is 14.2 Å². The highest BCUT2D eigenvalue weighted by atomic mass is 16.6.